The van der Waals surface area contributed by atoms with Crippen molar-refractivity contribution in [3.8, 4) is 5.75 Å². The number of hydrogen-bond acceptors (Lipinski definition) is 9. The maximum Gasteiger partial charge on any atom is 0.338 e. The number of ether oxygens (including phenoxy) is 2. The fourth-order valence-electron chi connectivity index (χ4n) is 4.32. The first-order valence-corrected chi connectivity index (χ1v) is 10.8. The second kappa shape index (κ2) is 9.41. The predicted octanol–water partition coefficient (Wildman–Crippen LogP) is 1.04. The van der Waals surface area contributed by atoms with Crippen molar-refractivity contribution in [3.05, 3.63) is 52.3 Å². The Morgan fingerprint density at radius 2 is 1.78 bits per heavy atom. The molecule has 1 aromatic heterocycles. The Kier molecular flexibility index (Phi) is 6.61. The van der Waals surface area contributed by atoms with Crippen molar-refractivity contribution in [1.29, 1.82) is 0 Å². The first-order chi connectivity index (χ1) is 15.4. The maximum atomic E-state index is 11.7. The van der Waals surface area contributed by atoms with Crippen molar-refractivity contribution in [2.45, 2.75) is 25.7 Å². The first kappa shape index (κ1) is 22.5. The number of methoxy groups -OCH3 is 1. The van der Waals surface area contributed by atoms with Crippen LogP contribution in [-0.4, -0.2) is 77.3 Å². The number of carbonyl (C=O) groups excluding carboxylic acids is 1. The molecule has 0 radical (unpaired) electrons. The third kappa shape index (κ3) is 4.71. The van der Waals surface area contributed by atoms with E-state index >= 15 is 0 Å². The summed E-state index contributed by atoms with van der Waals surface area (Å²) in [5, 5.41) is 21.4. The number of nitrogen functional groups attached to an aromatic ring is 1. The number of esters is 1. The number of anilines is 1. The first-order valence-electron chi connectivity index (χ1n) is 10.8. The summed E-state index contributed by atoms with van der Waals surface area (Å²) in [7, 11) is 1.53. The van der Waals surface area contributed by atoms with Gasteiger partial charge in [0.2, 0.25) is 0 Å². The van der Waals surface area contributed by atoms with E-state index in [1.165, 1.54) is 13.3 Å². The van der Waals surface area contributed by atoms with Gasteiger partial charge in [0.1, 0.15) is 18.5 Å². The molecular weight excluding hydrogens is 412 g/mol. The summed E-state index contributed by atoms with van der Waals surface area (Å²) in [5.74, 6) is 0.209. The molecule has 1 fully saturated rings. The smallest absolute Gasteiger partial charge is 0.338 e. The van der Waals surface area contributed by atoms with Crippen LogP contribution in [-0.2, 0) is 11.3 Å². The summed E-state index contributed by atoms with van der Waals surface area (Å²) < 4.78 is 10.3. The zero-order valence-corrected chi connectivity index (χ0v) is 18.5. The highest BCUT2D eigenvalue weighted by Gasteiger charge is 2.26. The Hall–Kier alpha value is -2.72. The molecule has 4 N–H and O–H groups in total. The van der Waals surface area contributed by atoms with Gasteiger partial charge in [0.15, 0.2) is 0 Å². The van der Waals surface area contributed by atoms with Crippen LogP contribution in [0.3, 0.4) is 0 Å². The summed E-state index contributed by atoms with van der Waals surface area (Å²) >= 11 is 0. The van der Waals surface area contributed by atoms with Crippen LogP contribution >= 0.6 is 0 Å². The van der Waals surface area contributed by atoms with Gasteiger partial charge in [-0.2, -0.15) is 0 Å². The minimum atomic E-state index is -0.736. The number of fused-ring (bicyclic) bond motifs is 1. The minimum Gasteiger partial charge on any atom is -0.494 e. The monoisotopic (exact) mass is 442 g/mol. The number of carbonyl (C=O) groups is 1. The van der Waals surface area contributed by atoms with Crippen molar-refractivity contribution in [2.75, 3.05) is 52.1 Å². The Balaban J connectivity index is 1.30. The molecule has 0 spiro atoms. The van der Waals surface area contributed by atoms with Crippen molar-refractivity contribution in [2.24, 2.45) is 0 Å². The number of aliphatic hydroxyl groups is 2. The van der Waals surface area contributed by atoms with Crippen LogP contribution in [0.2, 0.25) is 0 Å². The molecule has 2 unspecified atom stereocenters. The Bertz CT molecular complexity index is 991. The Morgan fingerprint density at radius 1 is 1.12 bits per heavy atom. The van der Waals surface area contributed by atoms with E-state index in [9.17, 15) is 15.0 Å². The van der Waals surface area contributed by atoms with E-state index in [1.807, 2.05) is 19.1 Å². The summed E-state index contributed by atoms with van der Waals surface area (Å²) in [6.07, 6.45) is 0.125. The minimum absolute atomic E-state index is 0.268. The van der Waals surface area contributed by atoms with Gasteiger partial charge < -0.3 is 25.4 Å². The molecule has 0 saturated carbocycles. The molecular formula is C23H30N4O5. The number of benzene rings is 1. The Labute approximate surface area is 187 Å². The second-order valence-electron chi connectivity index (χ2n) is 8.43. The summed E-state index contributed by atoms with van der Waals surface area (Å²) in [6, 6.07) is 5.37. The summed E-state index contributed by atoms with van der Waals surface area (Å²) in [6.45, 7) is 6.29. The number of aromatic nitrogens is 1. The number of pyridine rings is 1. The molecule has 9 nitrogen and oxygen atoms in total. The van der Waals surface area contributed by atoms with Gasteiger partial charge in [-0.15, -0.1) is 0 Å². The topological polar surface area (TPSA) is 121 Å². The van der Waals surface area contributed by atoms with Crippen LogP contribution in [0.5, 0.6) is 5.75 Å². The van der Waals surface area contributed by atoms with E-state index < -0.39 is 12.2 Å². The van der Waals surface area contributed by atoms with Gasteiger partial charge in [-0.1, -0.05) is 0 Å². The van der Waals surface area contributed by atoms with E-state index in [2.05, 4.69) is 14.8 Å². The lowest BCUT2D eigenvalue weighted by Gasteiger charge is -2.36. The van der Waals surface area contributed by atoms with Gasteiger partial charge in [-0.3, -0.25) is 14.8 Å². The fourth-order valence-corrected chi connectivity index (χ4v) is 4.32. The molecule has 0 aliphatic carbocycles. The molecule has 0 amide bonds. The van der Waals surface area contributed by atoms with Crippen LogP contribution in [0.25, 0.3) is 0 Å². The Morgan fingerprint density at radius 3 is 2.44 bits per heavy atom. The lowest BCUT2D eigenvalue weighted by Crippen LogP contribution is -2.48. The fraction of sp³-hybridized carbons (Fsp3) is 0.478. The number of rotatable bonds is 7. The number of β-amino-alcohol motifs (C(OH)–C–C–N with tert-alkyl or cyclic N) is 2. The summed E-state index contributed by atoms with van der Waals surface area (Å²) in [4.78, 5) is 20.3. The molecule has 1 saturated heterocycles. The van der Waals surface area contributed by atoms with Crippen LogP contribution in [0.1, 0.15) is 45.0 Å². The van der Waals surface area contributed by atoms with Gasteiger partial charge in [0.05, 0.1) is 36.4 Å². The van der Waals surface area contributed by atoms with E-state index in [0.29, 0.717) is 35.8 Å². The SMILES string of the molecule is COc1cc(C(O)CN2CCN(CC(O)c3cc4c(cc3C)C(=O)OC4)CC2)ncc1N. The number of aliphatic hydroxyl groups excluding tert-OH is 2. The number of cyclic esters (lactones) is 1. The van der Waals surface area contributed by atoms with Gasteiger partial charge in [0, 0.05) is 50.9 Å². The molecule has 2 aliphatic heterocycles. The van der Waals surface area contributed by atoms with Crippen molar-refractivity contribution in [1.82, 2.24) is 14.8 Å². The van der Waals surface area contributed by atoms with Crippen LogP contribution in [0, 0.1) is 6.92 Å². The molecule has 0 bridgehead atoms. The van der Waals surface area contributed by atoms with Crippen LogP contribution in [0.4, 0.5) is 5.69 Å². The molecule has 4 rings (SSSR count). The highest BCUT2D eigenvalue weighted by atomic mass is 16.5. The van der Waals surface area contributed by atoms with E-state index in [4.69, 9.17) is 15.2 Å². The van der Waals surface area contributed by atoms with Gasteiger partial charge in [0.25, 0.3) is 0 Å². The average molecular weight is 443 g/mol. The largest absolute Gasteiger partial charge is 0.494 e. The normalized spacial score (nSPS) is 18.8. The van der Waals surface area contributed by atoms with Crippen molar-refractivity contribution in [3.63, 3.8) is 0 Å². The number of nitrogens with zero attached hydrogens (tertiary/aromatic N) is 3. The second-order valence-corrected chi connectivity index (χ2v) is 8.43. The van der Waals surface area contributed by atoms with E-state index in [-0.39, 0.29) is 12.6 Å². The third-order valence-corrected chi connectivity index (χ3v) is 6.23. The third-order valence-electron chi connectivity index (χ3n) is 6.23. The molecule has 2 aliphatic rings. The number of nitrogens with two attached hydrogens (primary N) is 1. The molecule has 9 heteroatoms. The number of aryl methyl sites for hydroxylation is 1. The van der Waals surface area contributed by atoms with Crippen LogP contribution in [0.15, 0.2) is 24.4 Å². The molecule has 32 heavy (non-hydrogen) atoms. The van der Waals surface area contributed by atoms with Gasteiger partial charge in [-0.25, -0.2) is 4.79 Å². The highest BCUT2D eigenvalue weighted by molar-refractivity contribution is 5.93. The van der Waals surface area contributed by atoms with Gasteiger partial charge >= 0.3 is 5.97 Å². The van der Waals surface area contributed by atoms with E-state index in [0.717, 1.165) is 42.9 Å². The van der Waals surface area contributed by atoms with Crippen molar-refractivity contribution >= 4 is 11.7 Å². The van der Waals surface area contributed by atoms with Crippen LogP contribution < -0.4 is 10.5 Å². The lowest BCUT2D eigenvalue weighted by atomic mass is 9.96. The number of hydrogen-bond donors (Lipinski definition) is 3. The molecule has 172 valence electrons. The zero-order chi connectivity index (χ0) is 22.8. The molecule has 2 aromatic rings. The highest BCUT2D eigenvalue weighted by Crippen LogP contribution is 2.28. The zero-order valence-electron chi connectivity index (χ0n) is 18.5. The van der Waals surface area contributed by atoms with Crippen molar-refractivity contribution < 1.29 is 24.5 Å². The number of piperazine rings is 1. The van der Waals surface area contributed by atoms with Gasteiger partial charge in [-0.05, 0) is 30.2 Å². The molecule has 3 heterocycles. The summed E-state index contributed by atoms with van der Waals surface area (Å²) in [5.41, 5.74) is 9.92. The molecule has 2 atom stereocenters. The standard InChI is InChI=1S/C23H30N4O5/c1-14-7-17-15(13-32-23(17)30)8-16(14)20(28)11-26-3-5-27(6-4-26)12-21(29)19-9-22(31-2)18(24)10-25-19/h7-10,20-21,28-29H,3-6,11-13,24H2,1-2H3. The maximum absolute atomic E-state index is 11.7. The quantitative estimate of drug-likeness (QED) is 0.540. The van der Waals surface area contributed by atoms with E-state index in [1.54, 1.807) is 6.07 Å². The lowest BCUT2D eigenvalue weighted by molar-refractivity contribution is 0.0470. The average Bonchev–Trinajstić information content (AvgIpc) is 3.14. The molecule has 1 aromatic carbocycles. The predicted molar refractivity (Wildman–Crippen MR) is 118 cm³/mol.